The number of thiophene rings is 1. The molecule has 0 bridgehead atoms. The summed E-state index contributed by atoms with van der Waals surface area (Å²) in [6.07, 6.45) is 2.74. The van der Waals surface area contributed by atoms with Gasteiger partial charge in [0.05, 0.1) is 11.5 Å². The first-order chi connectivity index (χ1) is 9.79. The highest BCUT2D eigenvalue weighted by Crippen LogP contribution is 2.26. The van der Waals surface area contributed by atoms with Gasteiger partial charge in [-0.15, -0.1) is 11.3 Å². The van der Waals surface area contributed by atoms with Gasteiger partial charge >= 0.3 is 0 Å². The number of ketones is 1. The van der Waals surface area contributed by atoms with E-state index >= 15 is 0 Å². The summed E-state index contributed by atoms with van der Waals surface area (Å²) in [6.45, 7) is 2.75. The summed E-state index contributed by atoms with van der Waals surface area (Å²) >= 11 is 1.46. The molecule has 0 unspecified atom stereocenters. The molecule has 3 aromatic rings. The zero-order valence-corrected chi connectivity index (χ0v) is 12.0. The maximum absolute atomic E-state index is 12.5. The van der Waals surface area contributed by atoms with Crippen LogP contribution < -0.4 is 4.74 Å². The summed E-state index contributed by atoms with van der Waals surface area (Å²) in [7, 11) is 0. The summed E-state index contributed by atoms with van der Waals surface area (Å²) < 4.78 is 5.64. The molecule has 0 atom stereocenters. The minimum absolute atomic E-state index is 0.0545. The fourth-order valence-electron chi connectivity index (χ4n) is 2.14. The van der Waals surface area contributed by atoms with Crippen LogP contribution in [0, 0.1) is 0 Å². The van der Waals surface area contributed by atoms with E-state index in [2.05, 4.69) is 11.9 Å². The Bertz CT molecular complexity index is 728. The molecule has 4 heteroatoms. The molecular weight excluding hydrogens is 270 g/mol. The van der Waals surface area contributed by atoms with E-state index in [-0.39, 0.29) is 5.78 Å². The predicted molar refractivity (Wildman–Crippen MR) is 81.8 cm³/mol. The van der Waals surface area contributed by atoms with Gasteiger partial charge in [-0.2, -0.15) is 0 Å². The average molecular weight is 285 g/mol. The second kappa shape index (κ2) is 5.51. The number of H-pyrrole nitrogens is 1. The normalized spacial score (nSPS) is 10.8. The zero-order valence-electron chi connectivity index (χ0n) is 11.2. The van der Waals surface area contributed by atoms with E-state index in [4.69, 9.17) is 4.74 Å². The molecule has 2 heterocycles. The first-order valence-corrected chi connectivity index (χ1v) is 7.49. The number of aromatic amines is 1. The molecule has 0 radical (unpaired) electrons. The molecule has 1 aromatic carbocycles. The fraction of sp³-hybridized carbons (Fsp3) is 0.188. The third-order valence-corrected chi connectivity index (χ3v) is 3.98. The molecule has 0 spiro atoms. The minimum atomic E-state index is 0.0545. The topological polar surface area (TPSA) is 42.1 Å². The molecule has 0 aliphatic rings. The van der Waals surface area contributed by atoms with Gasteiger partial charge in [-0.25, -0.2) is 0 Å². The van der Waals surface area contributed by atoms with Crippen LogP contribution in [-0.2, 0) is 0 Å². The van der Waals surface area contributed by atoms with Gasteiger partial charge in [0.1, 0.15) is 5.75 Å². The largest absolute Gasteiger partial charge is 0.494 e. The molecule has 1 N–H and O–H groups in total. The molecule has 0 amide bonds. The maximum atomic E-state index is 12.5. The van der Waals surface area contributed by atoms with Gasteiger partial charge in [-0.1, -0.05) is 13.0 Å². The number of benzene rings is 1. The Balaban J connectivity index is 2.00. The number of rotatable bonds is 5. The lowest BCUT2D eigenvalue weighted by Crippen LogP contribution is -1.98. The Morgan fingerprint density at radius 2 is 2.25 bits per heavy atom. The Labute approximate surface area is 121 Å². The van der Waals surface area contributed by atoms with Crippen molar-refractivity contribution in [1.29, 1.82) is 0 Å². The van der Waals surface area contributed by atoms with Gasteiger partial charge in [-0.05, 0) is 36.1 Å². The van der Waals surface area contributed by atoms with Crippen molar-refractivity contribution in [3.63, 3.8) is 0 Å². The SMILES string of the molecule is CCCOc1ccc2[nH]cc(C(=O)c3cccs3)c2c1. The second-order valence-corrected chi connectivity index (χ2v) is 5.51. The molecule has 102 valence electrons. The van der Waals surface area contributed by atoms with Crippen molar-refractivity contribution < 1.29 is 9.53 Å². The highest BCUT2D eigenvalue weighted by Gasteiger charge is 2.15. The Morgan fingerprint density at radius 1 is 1.35 bits per heavy atom. The van der Waals surface area contributed by atoms with E-state index in [1.807, 2.05) is 35.7 Å². The fourth-order valence-corrected chi connectivity index (χ4v) is 2.82. The molecule has 0 saturated carbocycles. The number of aromatic nitrogens is 1. The summed E-state index contributed by atoms with van der Waals surface area (Å²) in [5.74, 6) is 0.859. The van der Waals surface area contributed by atoms with Crippen LogP contribution in [-0.4, -0.2) is 17.4 Å². The van der Waals surface area contributed by atoms with Crippen LogP contribution in [0.25, 0.3) is 10.9 Å². The van der Waals surface area contributed by atoms with E-state index in [9.17, 15) is 4.79 Å². The van der Waals surface area contributed by atoms with Gasteiger partial charge in [0.15, 0.2) is 0 Å². The van der Waals surface area contributed by atoms with Crippen molar-refractivity contribution in [2.75, 3.05) is 6.61 Å². The van der Waals surface area contributed by atoms with Crippen LogP contribution in [0.5, 0.6) is 5.75 Å². The summed E-state index contributed by atoms with van der Waals surface area (Å²) in [6, 6.07) is 9.55. The molecule has 2 aromatic heterocycles. The Hall–Kier alpha value is -2.07. The van der Waals surface area contributed by atoms with E-state index < -0.39 is 0 Å². The molecule has 3 rings (SSSR count). The van der Waals surface area contributed by atoms with Crippen molar-refractivity contribution in [1.82, 2.24) is 4.98 Å². The van der Waals surface area contributed by atoms with E-state index in [1.165, 1.54) is 11.3 Å². The quantitative estimate of drug-likeness (QED) is 0.712. The number of ether oxygens (including phenoxy) is 1. The van der Waals surface area contributed by atoms with Gasteiger partial charge in [-0.3, -0.25) is 4.79 Å². The molecule has 20 heavy (non-hydrogen) atoms. The molecule has 0 aliphatic carbocycles. The standard InChI is InChI=1S/C16H15NO2S/c1-2-7-19-11-5-6-14-12(9-11)13(10-17-14)16(18)15-4-3-8-20-15/h3-6,8-10,17H,2,7H2,1H3. The van der Waals surface area contributed by atoms with Crippen LogP contribution in [0.1, 0.15) is 28.6 Å². The monoisotopic (exact) mass is 285 g/mol. The van der Waals surface area contributed by atoms with Crippen molar-refractivity contribution in [2.45, 2.75) is 13.3 Å². The van der Waals surface area contributed by atoms with Crippen molar-refractivity contribution in [3.05, 3.63) is 52.3 Å². The first-order valence-electron chi connectivity index (χ1n) is 6.61. The van der Waals surface area contributed by atoms with Crippen LogP contribution in [0.3, 0.4) is 0 Å². The number of hydrogen-bond donors (Lipinski definition) is 1. The molecule has 0 fully saturated rings. The molecule has 0 saturated heterocycles. The highest BCUT2D eigenvalue weighted by molar-refractivity contribution is 7.12. The number of hydrogen-bond acceptors (Lipinski definition) is 3. The van der Waals surface area contributed by atoms with Crippen LogP contribution in [0.15, 0.2) is 41.9 Å². The minimum Gasteiger partial charge on any atom is -0.494 e. The summed E-state index contributed by atoms with van der Waals surface area (Å²) in [4.78, 5) is 16.4. The third kappa shape index (κ3) is 2.34. The van der Waals surface area contributed by atoms with Gasteiger partial charge in [0.2, 0.25) is 5.78 Å². The van der Waals surface area contributed by atoms with Gasteiger partial charge < -0.3 is 9.72 Å². The summed E-state index contributed by atoms with van der Waals surface area (Å²) in [5, 5.41) is 2.83. The van der Waals surface area contributed by atoms with Crippen LogP contribution in [0.2, 0.25) is 0 Å². The number of nitrogens with one attached hydrogen (secondary N) is 1. The zero-order chi connectivity index (χ0) is 13.9. The van der Waals surface area contributed by atoms with Gasteiger partial charge in [0.25, 0.3) is 0 Å². The predicted octanol–water partition coefficient (Wildman–Crippen LogP) is 4.25. The second-order valence-electron chi connectivity index (χ2n) is 4.56. The van der Waals surface area contributed by atoms with E-state index in [0.717, 1.165) is 28.0 Å². The number of carbonyl (C=O) groups excluding carboxylic acids is 1. The van der Waals surface area contributed by atoms with E-state index in [0.29, 0.717) is 12.2 Å². The average Bonchev–Trinajstić information content (AvgIpc) is 3.13. The smallest absolute Gasteiger partial charge is 0.205 e. The lowest BCUT2D eigenvalue weighted by atomic mass is 10.1. The van der Waals surface area contributed by atoms with Crippen molar-refractivity contribution in [2.24, 2.45) is 0 Å². The number of fused-ring (bicyclic) bond motifs is 1. The summed E-state index contributed by atoms with van der Waals surface area (Å²) in [5.41, 5.74) is 1.65. The Morgan fingerprint density at radius 3 is 3.00 bits per heavy atom. The van der Waals surface area contributed by atoms with Crippen molar-refractivity contribution in [3.8, 4) is 5.75 Å². The van der Waals surface area contributed by atoms with Crippen molar-refractivity contribution >= 4 is 28.0 Å². The molecular formula is C16H15NO2S. The molecule has 0 aliphatic heterocycles. The lowest BCUT2D eigenvalue weighted by Gasteiger charge is -2.04. The van der Waals surface area contributed by atoms with Crippen LogP contribution in [0.4, 0.5) is 0 Å². The first kappa shape index (κ1) is 12.9. The maximum Gasteiger partial charge on any atom is 0.205 e. The molecule has 3 nitrogen and oxygen atoms in total. The number of carbonyl (C=O) groups is 1. The van der Waals surface area contributed by atoms with E-state index in [1.54, 1.807) is 6.20 Å². The lowest BCUT2D eigenvalue weighted by molar-refractivity contribution is 0.104. The third-order valence-electron chi connectivity index (χ3n) is 3.12. The van der Waals surface area contributed by atoms with Crippen LogP contribution >= 0.6 is 11.3 Å². The van der Waals surface area contributed by atoms with Gasteiger partial charge in [0, 0.05) is 22.7 Å². The Kier molecular flexibility index (Phi) is 3.56. The highest BCUT2D eigenvalue weighted by atomic mass is 32.1.